The molecular weight excluding hydrogens is 200 g/mol. The first kappa shape index (κ1) is 12.9. The van der Waals surface area contributed by atoms with E-state index in [1.54, 1.807) is 0 Å². The lowest BCUT2D eigenvalue weighted by Crippen LogP contribution is -2.29. The van der Waals surface area contributed by atoms with Gasteiger partial charge in [0.2, 0.25) is 5.95 Å². The van der Waals surface area contributed by atoms with E-state index in [-0.39, 0.29) is 0 Å². The van der Waals surface area contributed by atoms with E-state index in [9.17, 15) is 0 Å². The van der Waals surface area contributed by atoms with E-state index in [1.807, 2.05) is 13.0 Å². The maximum Gasteiger partial charge on any atom is 0.225 e. The Hall–Kier alpha value is -1.16. The molecule has 0 aliphatic carbocycles. The van der Waals surface area contributed by atoms with Crippen molar-refractivity contribution in [1.29, 1.82) is 0 Å². The highest BCUT2D eigenvalue weighted by Crippen LogP contribution is 2.11. The van der Waals surface area contributed by atoms with Crippen LogP contribution in [0.25, 0.3) is 0 Å². The summed E-state index contributed by atoms with van der Waals surface area (Å²) >= 11 is 0. The lowest BCUT2D eigenvalue weighted by molar-refractivity contribution is 0.607. The van der Waals surface area contributed by atoms with Crippen LogP contribution in [0.3, 0.4) is 0 Å². The molecule has 0 radical (unpaired) electrons. The van der Waals surface area contributed by atoms with Gasteiger partial charge < -0.3 is 10.6 Å². The molecule has 4 nitrogen and oxygen atoms in total. The number of hydrogen-bond donors (Lipinski definition) is 1. The zero-order valence-corrected chi connectivity index (χ0v) is 10.7. The van der Waals surface area contributed by atoms with Crippen molar-refractivity contribution in [2.75, 3.05) is 18.0 Å². The van der Waals surface area contributed by atoms with Gasteiger partial charge in [-0.2, -0.15) is 0 Å². The monoisotopic (exact) mass is 222 g/mol. The van der Waals surface area contributed by atoms with Crippen molar-refractivity contribution in [3.05, 3.63) is 17.5 Å². The predicted molar refractivity (Wildman–Crippen MR) is 67.4 cm³/mol. The van der Waals surface area contributed by atoms with Crippen LogP contribution in [0.2, 0.25) is 0 Å². The number of aromatic nitrogens is 2. The number of rotatable bonds is 5. The van der Waals surface area contributed by atoms with Gasteiger partial charge in [-0.25, -0.2) is 9.97 Å². The van der Waals surface area contributed by atoms with Crippen molar-refractivity contribution in [3.8, 4) is 0 Å². The summed E-state index contributed by atoms with van der Waals surface area (Å²) in [5, 5.41) is 0. The summed E-state index contributed by atoms with van der Waals surface area (Å²) in [5.41, 5.74) is 7.51. The highest BCUT2D eigenvalue weighted by molar-refractivity contribution is 5.32. The molecular formula is C12H22N4. The van der Waals surface area contributed by atoms with Crippen LogP contribution in [0.1, 0.15) is 32.2 Å². The summed E-state index contributed by atoms with van der Waals surface area (Å²) in [5.74, 6) is 1.40. The molecule has 16 heavy (non-hydrogen) atoms. The van der Waals surface area contributed by atoms with E-state index in [0.29, 0.717) is 12.5 Å². The van der Waals surface area contributed by atoms with Crippen LogP contribution < -0.4 is 10.6 Å². The molecule has 0 unspecified atom stereocenters. The molecule has 0 aliphatic rings. The lowest BCUT2D eigenvalue weighted by atomic mass is 10.2. The van der Waals surface area contributed by atoms with E-state index < -0.39 is 0 Å². The smallest absolute Gasteiger partial charge is 0.225 e. The fourth-order valence-electron chi connectivity index (χ4n) is 1.66. The van der Waals surface area contributed by atoms with Crippen LogP contribution in [0.4, 0.5) is 5.95 Å². The largest absolute Gasteiger partial charge is 0.341 e. The average molecular weight is 222 g/mol. The second-order valence-corrected chi connectivity index (χ2v) is 4.44. The average Bonchev–Trinajstić information content (AvgIpc) is 2.24. The van der Waals surface area contributed by atoms with Gasteiger partial charge in [0.15, 0.2) is 0 Å². The molecule has 1 aromatic rings. The van der Waals surface area contributed by atoms with E-state index in [0.717, 1.165) is 30.4 Å². The maximum absolute atomic E-state index is 5.62. The van der Waals surface area contributed by atoms with E-state index in [1.165, 1.54) is 0 Å². The molecule has 2 N–H and O–H groups in total. The Bertz CT molecular complexity index is 336. The van der Waals surface area contributed by atoms with Crippen LogP contribution >= 0.6 is 0 Å². The number of nitrogens with zero attached hydrogens (tertiary/aromatic N) is 3. The second kappa shape index (κ2) is 5.80. The normalized spacial score (nSPS) is 10.9. The Balaban J connectivity index is 2.95. The summed E-state index contributed by atoms with van der Waals surface area (Å²) in [4.78, 5) is 11.1. The predicted octanol–water partition coefficient (Wildman–Crippen LogP) is 1.73. The number of anilines is 1. The summed E-state index contributed by atoms with van der Waals surface area (Å²) in [6.45, 7) is 10.9. The Kier molecular flexibility index (Phi) is 4.68. The molecule has 0 saturated carbocycles. The first-order valence-corrected chi connectivity index (χ1v) is 5.86. The van der Waals surface area contributed by atoms with Crippen LogP contribution in [-0.4, -0.2) is 23.1 Å². The molecule has 1 rings (SSSR count). The van der Waals surface area contributed by atoms with E-state index in [2.05, 4.69) is 35.6 Å². The van der Waals surface area contributed by atoms with Crippen LogP contribution in [0.5, 0.6) is 0 Å². The van der Waals surface area contributed by atoms with Crippen molar-refractivity contribution in [1.82, 2.24) is 9.97 Å². The zero-order chi connectivity index (χ0) is 12.1. The summed E-state index contributed by atoms with van der Waals surface area (Å²) in [7, 11) is 0. The van der Waals surface area contributed by atoms with Gasteiger partial charge in [-0.15, -0.1) is 0 Å². The Labute approximate surface area is 97.9 Å². The highest BCUT2D eigenvalue weighted by atomic mass is 15.2. The second-order valence-electron chi connectivity index (χ2n) is 4.44. The van der Waals surface area contributed by atoms with Crippen molar-refractivity contribution in [2.45, 2.75) is 34.2 Å². The molecule has 4 heteroatoms. The van der Waals surface area contributed by atoms with Gasteiger partial charge in [-0.3, -0.25) is 0 Å². The molecule has 1 aromatic heterocycles. The summed E-state index contributed by atoms with van der Waals surface area (Å²) in [6.07, 6.45) is 0. The van der Waals surface area contributed by atoms with Crippen molar-refractivity contribution in [3.63, 3.8) is 0 Å². The molecule has 0 bridgehead atoms. The molecule has 0 atom stereocenters. The Morgan fingerprint density at radius 1 is 1.38 bits per heavy atom. The number of hydrogen-bond acceptors (Lipinski definition) is 4. The summed E-state index contributed by atoms with van der Waals surface area (Å²) < 4.78 is 0. The molecule has 1 heterocycles. The number of nitrogens with two attached hydrogens (primary N) is 1. The molecule has 0 fully saturated rings. The van der Waals surface area contributed by atoms with Gasteiger partial charge in [0.05, 0.1) is 5.69 Å². The molecule has 90 valence electrons. The number of aryl methyl sites for hydroxylation is 1. The van der Waals surface area contributed by atoms with Crippen molar-refractivity contribution >= 4 is 5.95 Å². The minimum atomic E-state index is 0.468. The molecule has 0 saturated heterocycles. The quantitative estimate of drug-likeness (QED) is 0.824. The summed E-state index contributed by atoms with van der Waals surface area (Å²) in [6, 6.07) is 1.94. The Morgan fingerprint density at radius 2 is 2.06 bits per heavy atom. The third-order valence-electron chi connectivity index (χ3n) is 2.35. The van der Waals surface area contributed by atoms with Gasteiger partial charge in [-0.05, 0) is 25.8 Å². The topological polar surface area (TPSA) is 55.0 Å². The van der Waals surface area contributed by atoms with Crippen LogP contribution in [0.15, 0.2) is 6.07 Å². The third kappa shape index (κ3) is 3.45. The Morgan fingerprint density at radius 3 is 2.56 bits per heavy atom. The minimum Gasteiger partial charge on any atom is -0.341 e. The van der Waals surface area contributed by atoms with Crippen LogP contribution in [-0.2, 0) is 6.54 Å². The minimum absolute atomic E-state index is 0.468. The van der Waals surface area contributed by atoms with Gasteiger partial charge in [0.1, 0.15) is 0 Å². The van der Waals surface area contributed by atoms with Crippen molar-refractivity contribution in [2.24, 2.45) is 11.7 Å². The first-order chi connectivity index (χ1) is 7.56. The molecule has 0 aromatic carbocycles. The van der Waals surface area contributed by atoms with Gasteiger partial charge in [0, 0.05) is 25.3 Å². The fourth-order valence-corrected chi connectivity index (χ4v) is 1.66. The van der Waals surface area contributed by atoms with E-state index >= 15 is 0 Å². The van der Waals surface area contributed by atoms with E-state index in [4.69, 9.17) is 5.73 Å². The molecule has 0 aliphatic heterocycles. The highest BCUT2D eigenvalue weighted by Gasteiger charge is 2.10. The SMILES string of the molecule is CCN(CC(C)C)c1nc(C)cc(CN)n1. The third-order valence-corrected chi connectivity index (χ3v) is 2.35. The standard InChI is InChI=1S/C12H22N4/c1-5-16(8-9(2)3)12-14-10(4)6-11(7-13)15-12/h6,9H,5,7-8,13H2,1-4H3. The lowest BCUT2D eigenvalue weighted by Gasteiger charge is -2.23. The fraction of sp³-hybridized carbons (Fsp3) is 0.667. The first-order valence-electron chi connectivity index (χ1n) is 5.86. The molecule has 0 amide bonds. The molecule has 0 spiro atoms. The van der Waals surface area contributed by atoms with Crippen molar-refractivity contribution < 1.29 is 0 Å². The van der Waals surface area contributed by atoms with Gasteiger partial charge >= 0.3 is 0 Å². The van der Waals surface area contributed by atoms with Crippen LogP contribution in [0, 0.1) is 12.8 Å². The zero-order valence-electron chi connectivity index (χ0n) is 10.7. The maximum atomic E-state index is 5.62. The van der Waals surface area contributed by atoms with Gasteiger partial charge in [-0.1, -0.05) is 13.8 Å². The van der Waals surface area contributed by atoms with Gasteiger partial charge in [0.25, 0.3) is 0 Å².